The molecule has 1 heterocycles. The van der Waals surface area contributed by atoms with E-state index in [0.29, 0.717) is 6.04 Å². The Morgan fingerprint density at radius 3 is 2.48 bits per heavy atom. The summed E-state index contributed by atoms with van der Waals surface area (Å²) in [6.07, 6.45) is 6.21. The fraction of sp³-hybridized carbons (Fsp3) is 0.667. The van der Waals surface area contributed by atoms with Crippen molar-refractivity contribution in [1.82, 2.24) is 15.5 Å². The predicted molar refractivity (Wildman–Crippen MR) is 106 cm³/mol. The first-order valence-corrected chi connectivity index (χ1v) is 10.1. The van der Waals surface area contributed by atoms with Gasteiger partial charge in [0.2, 0.25) is 0 Å². The predicted octanol–water partition coefficient (Wildman–Crippen LogP) is 3.15. The third-order valence-electron chi connectivity index (χ3n) is 5.59. The molecule has 1 aliphatic heterocycles. The van der Waals surface area contributed by atoms with Gasteiger partial charge in [-0.2, -0.15) is 0 Å². The van der Waals surface area contributed by atoms with Crippen LogP contribution < -0.4 is 10.6 Å². The van der Waals surface area contributed by atoms with E-state index < -0.39 is 0 Å². The summed E-state index contributed by atoms with van der Waals surface area (Å²) in [5.74, 6) is 0.999. The highest BCUT2D eigenvalue weighted by molar-refractivity contribution is 5.80. The topological polar surface area (TPSA) is 39.7 Å². The summed E-state index contributed by atoms with van der Waals surface area (Å²) < 4.78 is 0. The van der Waals surface area contributed by atoms with Crippen LogP contribution in [0.4, 0.5) is 0 Å². The number of nitrogens with one attached hydrogen (secondary N) is 2. The van der Waals surface area contributed by atoms with Crippen molar-refractivity contribution in [2.24, 2.45) is 4.99 Å². The molecule has 2 N–H and O–H groups in total. The number of piperidine rings is 1. The molecule has 0 aromatic heterocycles. The number of benzene rings is 1. The van der Waals surface area contributed by atoms with Crippen molar-refractivity contribution in [3.05, 3.63) is 35.9 Å². The van der Waals surface area contributed by atoms with Crippen molar-refractivity contribution >= 4 is 5.96 Å². The second-order valence-electron chi connectivity index (χ2n) is 7.60. The van der Waals surface area contributed by atoms with Crippen molar-refractivity contribution in [3.8, 4) is 0 Å². The molecule has 4 nitrogen and oxygen atoms in total. The fourth-order valence-electron chi connectivity index (χ4n) is 3.84. The van der Waals surface area contributed by atoms with Crippen molar-refractivity contribution in [1.29, 1.82) is 0 Å². The molecule has 25 heavy (non-hydrogen) atoms. The largest absolute Gasteiger partial charge is 0.357 e. The first-order chi connectivity index (χ1) is 12.3. The molecule has 0 radical (unpaired) electrons. The maximum Gasteiger partial charge on any atom is 0.191 e. The molecule has 0 atom stereocenters. The Kier molecular flexibility index (Phi) is 6.35. The van der Waals surface area contributed by atoms with Crippen LogP contribution in [0.1, 0.15) is 51.5 Å². The highest BCUT2D eigenvalue weighted by atomic mass is 15.2. The average molecular weight is 343 g/mol. The minimum Gasteiger partial charge on any atom is -0.357 e. The summed E-state index contributed by atoms with van der Waals surface area (Å²) in [5.41, 5.74) is 1.73. The lowest BCUT2D eigenvalue weighted by Gasteiger charge is -2.33. The molecular weight excluding hydrogens is 308 g/mol. The van der Waals surface area contributed by atoms with Gasteiger partial charge in [-0.05, 0) is 51.1 Å². The molecule has 1 aromatic carbocycles. The standard InChI is InChI=1S/C21H34N4/c1-3-14-25-15-10-19(11-16-25)24-20(22-4-2)23-17-21(12-13-21)18-8-6-5-7-9-18/h5-9,19H,3-4,10-17H2,1-2H3,(H2,22,23,24). The van der Waals surface area contributed by atoms with E-state index in [0.717, 1.165) is 19.0 Å². The molecule has 0 unspecified atom stereocenters. The Bertz CT molecular complexity index is 542. The first kappa shape index (κ1) is 18.2. The van der Waals surface area contributed by atoms with Gasteiger partial charge in [-0.15, -0.1) is 0 Å². The molecule has 1 saturated heterocycles. The molecular formula is C21H34N4. The molecule has 4 heteroatoms. The summed E-state index contributed by atoms with van der Waals surface area (Å²) in [6.45, 7) is 9.87. The molecule has 2 fully saturated rings. The highest BCUT2D eigenvalue weighted by Crippen LogP contribution is 2.48. The number of rotatable bonds is 7. The highest BCUT2D eigenvalue weighted by Gasteiger charge is 2.44. The number of nitrogens with zero attached hydrogens (tertiary/aromatic N) is 2. The van der Waals surface area contributed by atoms with E-state index in [-0.39, 0.29) is 5.41 Å². The lowest BCUT2D eigenvalue weighted by Crippen LogP contribution is -2.49. The van der Waals surface area contributed by atoms with Gasteiger partial charge in [-0.3, -0.25) is 4.99 Å². The van der Waals surface area contributed by atoms with Gasteiger partial charge in [-0.1, -0.05) is 37.3 Å². The van der Waals surface area contributed by atoms with Gasteiger partial charge < -0.3 is 15.5 Å². The number of likely N-dealkylation sites (tertiary alicyclic amines) is 1. The third kappa shape index (κ3) is 4.97. The van der Waals surface area contributed by atoms with Gasteiger partial charge in [0.05, 0.1) is 6.54 Å². The van der Waals surface area contributed by atoms with E-state index in [1.54, 1.807) is 0 Å². The second-order valence-corrected chi connectivity index (χ2v) is 7.60. The minimum absolute atomic E-state index is 0.286. The van der Waals surface area contributed by atoms with E-state index in [9.17, 15) is 0 Å². The monoisotopic (exact) mass is 342 g/mol. The summed E-state index contributed by atoms with van der Waals surface area (Å²) >= 11 is 0. The zero-order chi connectivity index (χ0) is 17.5. The summed E-state index contributed by atoms with van der Waals surface area (Å²) in [4.78, 5) is 7.53. The summed E-state index contributed by atoms with van der Waals surface area (Å²) in [6, 6.07) is 11.5. The number of aliphatic imine (C=N–C) groups is 1. The molecule has 3 rings (SSSR count). The smallest absolute Gasteiger partial charge is 0.191 e. The maximum absolute atomic E-state index is 4.95. The van der Waals surface area contributed by atoms with Crippen LogP contribution in [0.5, 0.6) is 0 Å². The van der Waals surface area contributed by atoms with E-state index in [1.165, 1.54) is 57.3 Å². The van der Waals surface area contributed by atoms with Crippen LogP contribution in [-0.4, -0.2) is 49.6 Å². The molecule has 0 bridgehead atoms. The zero-order valence-electron chi connectivity index (χ0n) is 15.9. The molecule has 2 aliphatic rings. The Hall–Kier alpha value is -1.55. The molecule has 1 aliphatic carbocycles. The van der Waals surface area contributed by atoms with E-state index >= 15 is 0 Å². The van der Waals surface area contributed by atoms with E-state index in [1.807, 2.05) is 0 Å². The van der Waals surface area contributed by atoms with Gasteiger partial charge in [0.15, 0.2) is 5.96 Å². The van der Waals surface area contributed by atoms with E-state index in [2.05, 4.69) is 59.7 Å². The van der Waals surface area contributed by atoms with Gasteiger partial charge in [-0.25, -0.2) is 0 Å². The second kappa shape index (κ2) is 8.70. The molecule has 138 valence electrons. The quantitative estimate of drug-likeness (QED) is 0.591. The van der Waals surface area contributed by atoms with Crippen LogP contribution in [0.15, 0.2) is 35.3 Å². The van der Waals surface area contributed by atoms with Crippen LogP contribution >= 0.6 is 0 Å². The number of hydrogen-bond acceptors (Lipinski definition) is 2. The lowest BCUT2D eigenvalue weighted by molar-refractivity contribution is 0.206. The van der Waals surface area contributed by atoms with Gasteiger partial charge in [0.25, 0.3) is 0 Å². The van der Waals surface area contributed by atoms with E-state index in [4.69, 9.17) is 4.99 Å². The van der Waals surface area contributed by atoms with Crippen LogP contribution in [0.2, 0.25) is 0 Å². The number of guanidine groups is 1. The van der Waals surface area contributed by atoms with Gasteiger partial charge >= 0.3 is 0 Å². The fourth-order valence-corrected chi connectivity index (χ4v) is 3.84. The van der Waals surface area contributed by atoms with Crippen molar-refractivity contribution in [2.75, 3.05) is 32.7 Å². The summed E-state index contributed by atoms with van der Waals surface area (Å²) in [7, 11) is 0. The van der Waals surface area contributed by atoms with Gasteiger partial charge in [0.1, 0.15) is 0 Å². The average Bonchev–Trinajstić information content (AvgIpc) is 3.44. The number of hydrogen-bond donors (Lipinski definition) is 2. The van der Waals surface area contributed by atoms with Crippen molar-refractivity contribution < 1.29 is 0 Å². The Labute approximate surface area is 153 Å². The molecule has 0 amide bonds. The van der Waals surface area contributed by atoms with Crippen LogP contribution in [0.3, 0.4) is 0 Å². The maximum atomic E-state index is 4.95. The summed E-state index contributed by atoms with van der Waals surface area (Å²) in [5, 5.41) is 7.13. The normalized spacial score (nSPS) is 21.1. The zero-order valence-corrected chi connectivity index (χ0v) is 15.9. The molecule has 0 spiro atoms. The van der Waals surface area contributed by atoms with Crippen LogP contribution in [0, 0.1) is 0 Å². The minimum atomic E-state index is 0.286. The Morgan fingerprint density at radius 2 is 1.88 bits per heavy atom. The van der Waals surface area contributed by atoms with Gasteiger partial charge in [0, 0.05) is 31.1 Å². The first-order valence-electron chi connectivity index (χ1n) is 10.1. The Morgan fingerprint density at radius 1 is 1.16 bits per heavy atom. The Balaban J connectivity index is 1.55. The SMILES string of the molecule is CCCN1CCC(NC(=NCC2(c3ccccc3)CC2)NCC)CC1. The molecule has 1 saturated carbocycles. The third-order valence-corrected chi connectivity index (χ3v) is 5.59. The molecule has 1 aromatic rings. The van der Waals surface area contributed by atoms with Crippen molar-refractivity contribution in [3.63, 3.8) is 0 Å². The lowest BCUT2D eigenvalue weighted by atomic mass is 9.96. The van der Waals surface area contributed by atoms with Crippen LogP contribution in [0.25, 0.3) is 0 Å². The van der Waals surface area contributed by atoms with Crippen LogP contribution in [-0.2, 0) is 5.41 Å². The van der Waals surface area contributed by atoms with Crippen molar-refractivity contribution in [2.45, 2.75) is 57.4 Å².